The molecule has 166 valence electrons. The fourth-order valence-electron chi connectivity index (χ4n) is 3.51. The molecule has 1 fully saturated rings. The Hall–Kier alpha value is -3.09. The number of hydrogen-bond donors (Lipinski definition) is 2. The minimum atomic E-state index is -5.22. The predicted molar refractivity (Wildman–Crippen MR) is 95.2 cm³/mol. The first-order valence-electron chi connectivity index (χ1n) is 8.99. The van der Waals surface area contributed by atoms with E-state index in [1.54, 1.807) is 6.92 Å². The lowest BCUT2D eigenvalue weighted by Gasteiger charge is -2.41. The Morgan fingerprint density at radius 3 is 2.45 bits per heavy atom. The summed E-state index contributed by atoms with van der Waals surface area (Å²) in [5, 5.41) is 24.8. The van der Waals surface area contributed by atoms with Gasteiger partial charge in [0.25, 0.3) is 0 Å². The number of hydrogen-bond acceptors (Lipinski definition) is 6. The molecule has 0 atom stereocenters. The zero-order valence-corrected chi connectivity index (χ0v) is 15.8. The normalized spacial score (nSPS) is 21.7. The van der Waals surface area contributed by atoms with Crippen LogP contribution < -0.4 is 10.1 Å². The van der Waals surface area contributed by atoms with Gasteiger partial charge in [-0.25, -0.2) is 0 Å². The number of nitrogens with one attached hydrogen (secondary N) is 1. The van der Waals surface area contributed by atoms with Crippen LogP contribution in [0.25, 0.3) is 16.8 Å². The van der Waals surface area contributed by atoms with Crippen molar-refractivity contribution >= 4 is 11.5 Å². The second kappa shape index (κ2) is 6.97. The molecule has 0 saturated heterocycles. The van der Waals surface area contributed by atoms with Gasteiger partial charge in [-0.15, -0.1) is 23.4 Å². The Morgan fingerprint density at radius 2 is 1.84 bits per heavy atom. The number of aromatic nitrogens is 4. The van der Waals surface area contributed by atoms with Gasteiger partial charge in [0.2, 0.25) is 5.95 Å². The molecule has 2 aromatic heterocycles. The smallest absolute Gasteiger partial charge is 0.405 e. The molecule has 0 aliphatic heterocycles. The minimum absolute atomic E-state index is 0.113. The Kier molecular flexibility index (Phi) is 4.76. The lowest BCUT2D eigenvalue weighted by Crippen LogP contribution is -2.48. The van der Waals surface area contributed by atoms with Crippen LogP contribution in [0.15, 0.2) is 30.5 Å². The fraction of sp³-hybridized carbons (Fsp3) is 0.389. The first kappa shape index (κ1) is 21.2. The summed E-state index contributed by atoms with van der Waals surface area (Å²) in [4.78, 5) is 0. The van der Waals surface area contributed by atoms with E-state index in [-0.39, 0.29) is 34.8 Å². The molecule has 1 saturated carbocycles. The SMILES string of the molecule is CC1(O)CC(Nc2nnc(-c3ccc(C(F)(F)F)cc3OC(F)(F)F)c3ccnn23)C1. The third-order valence-corrected chi connectivity index (χ3v) is 4.83. The summed E-state index contributed by atoms with van der Waals surface area (Å²) < 4.78 is 82.7. The van der Waals surface area contributed by atoms with Crippen molar-refractivity contribution in [2.24, 2.45) is 0 Å². The second-order valence-corrected chi connectivity index (χ2v) is 7.50. The van der Waals surface area contributed by atoms with Crippen LogP contribution in [0.5, 0.6) is 5.75 Å². The number of ether oxygens (including phenoxy) is 1. The summed E-state index contributed by atoms with van der Waals surface area (Å²) in [6, 6.07) is 3.06. The van der Waals surface area contributed by atoms with Crippen molar-refractivity contribution in [3.05, 3.63) is 36.0 Å². The number of anilines is 1. The quantitative estimate of drug-likeness (QED) is 0.588. The summed E-state index contributed by atoms with van der Waals surface area (Å²) in [6.07, 6.45) is -7.84. The van der Waals surface area contributed by atoms with E-state index < -0.39 is 29.5 Å². The number of nitrogens with zero attached hydrogens (tertiary/aromatic N) is 4. The van der Waals surface area contributed by atoms with Crippen LogP contribution in [0, 0.1) is 0 Å². The standard InChI is InChI=1S/C18H15F6N5O2/c1-16(30)7-10(8-16)26-15-28-27-14(12-4-5-25-29(12)15)11-3-2-9(17(19,20)21)6-13(11)31-18(22,23)24/h2-6,10,30H,7-8H2,1H3,(H,26,28). The molecule has 2 N–H and O–H groups in total. The highest BCUT2D eigenvalue weighted by molar-refractivity contribution is 5.81. The van der Waals surface area contributed by atoms with Crippen LogP contribution in [-0.4, -0.2) is 42.9 Å². The average molecular weight is 447 g/mol. The molecule has 2 heterocycles. The number of alkyl halides is 6. The van der Waals surface area contributed by atoms with Crippen molar-refractivity contribution in [2.75, 3.05) is 5.32 Å². The highest BCUT2D eigenvalue weighted by atomic mass is 19.4. The van der Waals surface area contributed by atoms with Crippen molar-refractivity contribution in [2.45, 2.75) is 43.9 Å². The van der Waals surface area contributed by atoms with Gasteiger partial charge in [0.15, 0.2) is 0 Å². The molecular weight excluding hydrogens is 432 g/mol. The highest BCUT2D eigenvalue weighted by Crippen LogP contribution is 2.40. The molecule has 1 aromatic carbocycles. The molecule has 31 heavy (non-hydrogen) atoms. The van der Waals surface area contributed by atoms with E-state index in [1.165, 1.54) is 16.8 Å². The van der Waals surface area contributed by atoms with Crippen LogP contribution in [0.4, 0.5) is 32.3 Å². The first-order valence-corrected chi connectivity index (χ1v) is 8.99. The number of halogens is 6. The van der Waals surface area contributed by atoms with Crippen molar-refractivity contribution in [3.63, 3.8) is 0 Å². The maximum atomic E-state index is 13.0. The zero-order valence-electron chi connectivity index (χ0n) is 15.8. The van der Waals surface area contributed by atoms with Gasteiger partial charge >= 0.3 is 12.5 Å². The van der Waals surface area contributed by atoms with E-state index in [2.05, 4.69) is 25.3 Å². The largest absolute Gasteiger partial charge is 0.573 e. The molecule has 4 rings (SSSR count). The highest BCUT2D eigenvalue weighted by Gasteiger charge is 2.39. The molecule has 0 unspecified atom stereocenters. The Labute approximate surface area is 170 Å². The molecule has 7 nitrogen and oxygen atoms in total. The topological polar surface area (TPSA) is 84.6 Å². The van der Waals surface area contributed by atoms with Crippen LogP contribution in [0.1, 0.15) is 25.3 Å². The van der Waals surface area contributed by atoms with E-state index in [4.69, 9.17) is 0 Å². The number of fused-ring (bicyclic) bond motifs is 1. The van der Waals surface area contributed by atoms with E-state index >= 15 is 0 Å². The Bertz CT molecular complexity index is 1120. The van der Waals surface area contributed by atoms with Gasteiger partial charge in [-0.1, -0.05) is 0 Å². The van der Waals surface area contributed by atoms with Crippen LogP contribution in [0.2, 0.25) is 0 Å². The lowest BCUT2D eigenvalue weighted by atomic mass is 9.77. The molecular formula is C18H15F6N5O2. The summed E-state index contributed by atoms with van der Waals surface area (Å²) in [5.74, 6) is -0.884. The number of aliphatic hydroxyl groups is 1. The molecule has 0 amide bonds. The van der Waals surface area contributed by atoms with Gasteiger partial charge in [-0.05, 0) is 44.0 Å². The van der Waals surface area contributed by atoms with Crippen LogP contribution in [0.3, 0.4) is 0 Å². The van der Waals surface area contributed by atoms with E-state index in [0.29, 0.717) is 18.9 Å². The van der Waals surface area contributed by atoms with Crippen molar-refractivity contribution in [1.29, 1.82) is 0 Å². The zero-order chi connectivity index (χ0) is 22.6. The van der Waals surface area contributed by atoms with Crippen molar-refractivity contribution in [3.8, 4) is 17.0 Å². The summed E-state index contributed by atoms with van der Waals surface area (Å²) in [5.41, 5.74) is -2.38. The third kappa shape index (κ3) is 4.36. The maximum Gasteiger partial charge on any atom is 0.573 e. The monoisotopic (exact) mass is 447 g/mol. The van der Waals surface area contributed by atoms with Gasteiger partial charge in [0, 0.05) is 11.6 Å². The lowest BCUT2D eigenvalue weighted by molar-refractivity contribution is -0.274. The van der Waals surface area contributed by atoms with E-state index in [0.717, 1.165) is 6.07 Å². The molecule has 0 bridgehead atoms. The Balaban J connectivity index is 1.76. The Morgan fingerprint density at radius 1 is 1.13 bits per heavy atom. The third-order valence-electron chi connectivity index (χ3n) is 4.83. The van der Waals surface area contributed by atoms with Crippen molar-refractivity contribution < 1.29 is 36.2 Å². The van der Waals surface area contributed by atoms with E-state index in [1.807, 2.05) is 0 Å². The summed E-state index contributed by atoms with van der Waals surface area (Å²) in [7, 11) is 0. The summed E-state index contributed by atoms with van der Waals surface area (Å²) >= 11 is 0. The van der Waals surface area contributed by atoms with Gasteiger partial charge in [-0.2, -0.15) is 22.8 Å². The molecule has 0 radical (unpaired) electrons. The molecule has 1 aliphatic rings. The molecule has 3 aromatic rings. The predicted octanol–water partition coefficient (Wildman–Crippen LogP) is 4.03. The van der Waals surface area contributed by atoms with Gasteiger partial charge in [0.1, 0.15) is 11.4 Å². The van der Waals surface area contributed by atoms with Gasteiger partial charge < -0.3 is 15.2 Å². The molecule has 13 heteroatoms. The number of rotatable bonds is 4. The second-order valence-electron chi connectivity index (χ2n) is 7.50. The van der Waals surface area contributed by atoms with Gasteiger partial charge in [0.05, 0.1) is 22.9 Å². The molecule has 0 spiro atoms. The van der Waals surface area contributed by atoms with Crippen LogP contribution >= 0.6 is 0 Å². The maximum absolute atomic E-state index is 13.0. The first-order chi connectivity index (χ1) is 14.3. The van der Waals surface area contributed by atoms with E-state index in [9.17, 15) is 31.4 Å². The fourth-order valence-corrected chi connectivity index (χ4v) is 3.51. The van der Waals surface area contributed by atoms with Crippen molar-refractivity contribution in [1.82, 2.24) is 19.8 Å². The number of benzene rings is 1. The summed E-state index contributed by atoms with van der Waals surface area (Å²) in [6.45, 7) is 1.68. The van der Waals surface area contributed by atoms with Gasteiger partial charge in [-0.3, -0.25) is 0 Å². The minimum Gasteiger partial charge on any atom is -0.405 e. The van der Waals surface area contributed by atoms with Crippen LogP contribution in [-0.2, 0) is 6.18 Å². The average Bonchev–Trinajstić information content (AvgIpc) is 3.09. The molecule has 1 aliphatic carbocycles.